The first kappa shape index (κ1) is 17.1. The molecule has 0 aliphatic heterocycles. The van der Waals surface area contributed by atoms with Crippen LogP contribution < -0.4 is 5.32 Å². The Morgan fingerprint density at radius 2 is 1.76 bits per heavy atom. The quantitative estimate of drug-likeness (QED) is 0.712. The molecule has 1 aliphatic rings. The van der Waals surface area contributed by atoms with E-state index in [9.17, 15) is 0 Å². The molecular formula is C18H27Cl2N. The van der Waals surface area contributed by atoms with Crippen molar-refractivity contribution in [2.24, 2.45) is 5.92 Å². The molecule has 0 saturated heterocycles. The Bertz CT molecular complexity index is 425. The summed E-state index contributed by atoms with van der Waals surface area (Å²) < 4.78 is 0. The van der Waals surface area contributed by atoms with Gasteiger partial charge in [-0.05, 0) is 55.5 Å². The third kappa shape index (κ3) is 5.47. The van der Waals surface area contributed by atoms with Gasteiger partial charge < -0.3 is 5.32 Å². The zero-order valence-corrected chi connectivity index (χ0v) is 14.5. The van der Waals surface area contributed by atoms with E-state index >= 15 is 0 Å². The summed E-state index contributed by atoms with van der Waals surface area (Å²) in [7, 11) is 0. The fourth-order valence-corrected chi connectivity index (χ4v) is 3.88. The largest absolute Gasteiger partial charge is 0.314 e. The highest BCUT2D eigenvalue weighted by molar-refractivity contribution is 6.33. The van der Waals surface area contributed by atoms with Gasteiger partial charge in [0.25, 0.3) is 0 Å². The highest BCUT2D eigenvalue weighted by Gasteiger charge is 2.22. The van der Waals surface area contributed by atoms with E-state index < -0.39 is 0 Å². The van der Waals surface area contributed by atoms with Crippen LogP contribution in [0, 0.1) is 5.92 Å². The smallest absolute Gasteiger partial charge is 0.0439 e. The van der Waals surface area contributed by atoms with Crippen molar-refractivity contribution in [3.8, 4) is 0 Å². The lowest BCUT2D eigenvalue weighted by Crippen LogP contribution is -2.38. The van der Waals surface area contributed by atoms with E-state index in [2.05, 4.69) is 12.2 Å². The molecule has 0 amide bonds. The van der Waals surface area contributed by atoms with Crippen LogP contribution in [0.2, 0.25) is 10.0 Å². The lowest BCUT2D eigenvalue weighted by Gasteiger charge is -2.30. The summed E-state index contributed by atoms with van der Waals surface area (Å²) in [6.45, 7) is 3.20. The summed E-state index contributed by atoms with van der Waals surface area (Å²) >= 11 is 12.5. The monoisotopic (exact) mass is 327 g/mol. The average molecular weight is 328 g/mol. The maximum Gasteiger partial charge on any atom is 0.0439 e. The molecule has 0 radical (unpaired) electrons. The molecule has 1 unspecified atom stereocenters. The molecule has 1 aliphatic carbocycles. The summed E-state index contributed by atoms with van der Waals surface area (Å²) in [4.78, 5) is 0. The lowest BCUT2D eigenvalue weighted by molar-refractivity contribution is 0.286. The molecule has 1 saturated carbocycles. The first-order valence-corrected chi connectivity index (χ1v) is 9.13. The van der Waals surface area contributed by atoms with E-state index in [1.54, 1.807) is 0 Å². The van der Waals surface area contributed by atoms with Gasteiger partial charge in [-0.3, -0.25) is 0 Å². The van der Waals surface area contributed by atoms with Gasteiger partial charge in [-0.2, -0.15) is 0 Å². The molecule has 3 heteroatoms. The first-order valence-electron chi connectivity index (χ1n) is 8.38. The van der Waals surface area contributed by atoms with Crippen molar-refractivity contribution in [2.45, 2.75) is 64.3 Å². The van der Waals surface area contributed by atoms with Crippen LogP contribution in [-0.2, 0) is 6.42 Å². The standard InChI is InChI=1S/C18H27Cl2N/c1-2-21-18(14-8-6-4-3-5-7-9-14)13-15-12-16(19)10-11-17(15)20/h10-12,14,18,21H,2-9,13H2,1H3. The molecule has 1 atom stereocenters. The second kappa shape index (κ2) is 9.02. The van der Waals surface area contributed by atoms with E-state index in [0.29, 0.717) is 6.04 Å². The van der Waals surface area contributed by atoms with E-state index in [-0.39, 0.29) is 0 Å². The fraction of sp³-hybridized carbons (Fsp3) is 0.667. The Labute approximate surface area is 139 Å². The minimum atomic E-state index is 0.518. The summed E-state index contributed by atoms with van der Waals surface area (Å²) in [5.41, 5.74) is 1.18. The normalized spacial score (nSPS) is 19.0. The fourth-order valence-electron chi connectivity index (χ4n) is 3.49. The Morgan fingerprint density at radius 1 is 1.10 bits per heavy atom. The van der Waals surface area contributed by atoms with Crippen LogP contribution in [-0.4, -0.2) is 12.6 Å². The van der Waals surface area contributed by atoms with Crippen LogP contribution in [0.3, 0.4) is 0 Å². The van der Waals surface area contributed by atoms with E-state index in [1.807, 2.05) is 18.2 Å². The zero-order chi connectivity index (χ0) is 15.1. The molecule has 0 bridgehead atoms. The number of hydrogen-bond acceptors (Lipinski definition) is 1. The van der Waals surface area contributed by atoms with Gasteiger partial charge in [0.15, 0.2) is 0 Å². The molecule has 118 valence electrons. The number of likely N-dealkylation sites (N-methyl/N-ethyl adjacent to an activating group) is 1. The molecule has 1 aromatic rings. The van der Waals surface area contributed by atoms with Crippen molar-refractivity contribution in [3.05, 3.63) is 33.8 Å². The van der Waals surface area contributed by atoms with Crippen molar-refractivity contribution in [2.75, 3.05) is 6.54 Å². The molecule has 1 N–H and O–H groups in total. The van der Waals surface area contributed by atoms with Gasteiger partial charge in [-0.1, -0.05) is 62.2 Å². The lowest BCUT2D eigenvalue weighted by atomic mass is 9.83. The van der Waals surface area contributed by atoms with Gasteiger partial charge in [0.05, 0.1) is 0 Å². The maximum atomic E-state index is 6.35. The van der Waals surface area contributed by atoms with E-state index in [0.717, 1.165) is 28.9 Å². The summed E-state index contributed by atoms with van der Waals surface area (Å²) in [5.74, 6) is 0.764. The minimum absolute atomic E-state index is 0.518. The van der Waals surface area contributed by atoms with Gasteiger partial charge in [0, 0.05) is 16.1 Å². The third-order valence-electron chi connectivity index (χ3n) is 4.63. The molecule has 0 aromatic heterocycles. The molecule has 1 nitrogen and oxygen atoms in total. The van der Waals surface area contributed by atoms with Crippen LogP contribution in [0.25, 0.3) is 0 Å². The van der Waals surface area contributed by atoms with Crippen LogP contribution in [0.4, 0.5) is 0 Å². The number of rotatable bonds is 5. The number of hydrogen-bond donors (Lipinski definition) is 1. The Hall–Kier alpha value is -0.240. The van der Waals surface area contributed by atoms with E-state index in [1.165, 1.54) is 50.5 Å². The Balaban J connectivity index is 2.07. The first-order chi connectivity index (χ1) is 10.2. The van der Waals surface area contributed by atoms with Crippen LogP contribution in [0.15, 0.2) is 18.2 Å². The van der Waals surface area contributed by atoms with Crippen molar-refractivity contribution < 1.29 is 0 Å². The summed E-state index contributed by atoms with van der Waals surface area (Å²) in [6.07, 6.45) is 10.6. The van der Waals surface area contributed by atoms with Gasteiger partial charge in [-0.25, -0.2) is 0 Å². The maximum absolute atomic E-state index is 6.35. The van der Waals surface area contributed by atoms with Crippen molar-refractivity contribution in [1.82, 2.24) is 5.32 Å². The van der Waals surface area contributed by atoms with Crippen molar-refractivity contribution >= 4 is 23.2 Å². The number of benzene rings is 1. The molecule has 0 heterocycles. The highest BCUT2D eigenvalue weighted by atomic mass is 35.5. The van der Waals surface area contributed by atoms with Crippen molar-refractivity contribution in [1.29, 1.82) is 0 Å². The molecule has 0 spiro atoms. The van der Waals surface area contributed by atoms with E-state index in [4.69, 9.17) is 23.2 Å². The Kier molecular flexibility index (Phi) is 7.36. The second-order valence-electron chi connectivity index (χ2n) is 6.21. The summed E-state index contributed by atoms with van der Waals surface area (Å²) in [5, 5.41) is 5.31. The number of halogens is 2. The SMILES string of the molecule is CCNC(Cc1cc(Cl)ccc1Cl)C1CCCCCCC1. The second-order valence-corrected chi connectivity index (χ2v) is 7.05. The van der Waals surface area contributed by atoms with Crippen molar-refractivity contribution in [3.63, 3.8) is 0 Å². The summed E-state index contributed by atoms with van der Waals surface area (Å²) in [6, 6.07) is 6.33. The van der Waals surface area contributed by atoms with Crippen LogP contribution in [0.1, 0.15) is 57.4 Å². The predicted molar refractivity (Wildman–Crippen MR) is 93.4 cm³/mol. The van der Waals surface area contributed by atoms with Gasteiger partial charge in [0.2, 0.25) is 0 Å². The highest BCUT2D eigenvalue weighted by Crippen LogP contribution is 2.29. The predicted octanol–water partition coefficient (Wildman–Crippen LogP) is 5.87. The third-order valence-corrected chi connectivity index (χ3v) is 5.24. The number of nitrogens with one attached hydrogen (secondary N) is 1. The molecular weight excluding hydrogens is 301 g/mol. The van der Waals surface area contributed by atoms with Gasteiger partial charge in [-0.15, -0.1) is 0 Å². The molecule has 2 rings (SSSR count). The van der Waals surface area contributed by atoms with Crippen LogP contribution >= 0.6 is 23.2 Å². The van der Waals surface area contributed by atoms with Gasteiger partial charge in [0.1, 0.15) is 0 Å². The molecule has 1 aromatic carbocycles. The molecule has 21 heavy (non-hydrogen) atoms. The Morgan fingerprint density at radius 3 is 2.43 bits per heavy atom. The zero-order valence-electron chi connectivity index (χ0n) is 13.0. The average Bonchev–Trinajstić information content (AvgIpc) is 2.42. The van der Waals surface area contributed by atoms with Crippen LogP contribution in [0.5, 0.6) is 0 Å². The van der Waals surface area contributed by atoms with Gasteiger partial charge >= 0.3 is 0 Å². The topological polar surface area (TPSA) is 12.0 Å². The molecule has 1 fully saturated rings. The minimum Gasteiger partial charge on any atom is -0.314 e.